The minimum Gasteiger partial charge on any atom is -0.347 e. The van der Waals surface area contributed by atoms with E-state index < -0.39 is 0 Å². The lowest BCUT2D eigenvalue weighted by molar-refractivity contribution is -0.114. The number of nitrogens with zero attached hydrogens (tertiary/aromatic N) is 4. The van der Waals surface area contributed by atoms with Gasteiger partial charge in [-0.25, -0.2) is 14.4 Å². The van der Waals surface area contributed by atoms with E-state index in [1.807, 2.05) is 55.5 Å². The van der Waals surface area contributed by atoms with Crippen molar-refractivity contribution in [3.63, 3.8) is 0 Å². The van der Waals surface area contributed by atoms with Crippen molar-refractivity contribution in [2.75, 3.05) is 30.9 Å². The zero-order valence-electron chi connectivity index (χ0n) is 18.7. The van der Waals surface area contributed by atoms with E-state index in [1.165, 1.54) is 24.6 Å². The van der Waals surface area contributed by atoms with Crippen LogP contribution in [-0.4, -0.2) is 41.4 Å². The summed E-state index contributed by atoms with van der Waals surface area (Å²) in [5.74, 6) is 0.294. The van der Waals surface area contributed by atoms with E-state index in [-0.39, 0.29) is 17.8 Å². The van der Waals surface area contributed by atoms with Crippen LogP contribution in [0.5, 0.6) is 0 Å². The van der Waals surface area contributed by atoms with Crippen molar-refractivity contribution in [1.29, 1.82) is 0 Å². The normalized spacial score (nSPS) is 16.2. The predicted molar refractivity (Wildman–Crippen MR) is 125 cm³/mol. The monoisotopic (exact) mass is 433 g/mol. The molecule has 166 valence electrons. The van der Waals surface area contributed by atoms with E-state index in [2.05, 4.69) is 15.2 Å². The van der Waals surface area contributed by atoms with Crippen molar-refractivity contribution in [2.45, 2.75) is 32.4 Å². The molecule has 1 atom stereocenters. The highest BCUT2D eigenvalue weighted by Crippen LogP contribution is 2.38. The minimum absolute atomic E-state index is 0.0808. The molecule has 1 unspecified atom stereocenters. The Morgan fingerprint density at radius 2 is 2.00 bits per heavy atom. The van der Waals surface area contributed by atoms with Crippen LogP contribution in [0.25, 0.3) is 11.1 Å². The maximum absolute atomic E-state index is 14.0. The van der Waals surface area contributed by atoms with Crippen molar-refractivity contribution < 1.29 is 9.18 Å². The second kappa shape index (κ2) is 9.44. The van der Waals surface area contributed by atoms with Crippen LogP contribution < -0.4 is 10.2 Å². The fourth-order valence-corrected chi connectivity index (χ4v) is 4.19. The van der Waals surface area contributed by atoms with E-state index >= 15 is 0 Å². The number of hydrogen-bond acceptors (Lipinski definition) is 5. The van der Waals surface area contributed by atoms with E-state index in [1.54, 1.807) is 6.07 Å². The molecule has 32 heavy (non-hydrogen) atoms. The molecule has 1 N–H and O–H groups in total. The Balaban J connectivity index is 1.65. The molecule has 7 heteroatoms. The second-order valence-corrected chi connectivity index (χ2v) is 8.38. The Morgan fingerprint density at radius 1 is 1.22 bits per heavy atom. The van der Waals surface area contributed by atoms with Gasteiger partial charge in [0.15, 0.2) is 0 Å². The topological polar surface area (TPSA) is 61.4 Å². The van der Waals surface area contributed by atoms with Gasteiger partial charge in [0, 0.05) is 45.0 Å². The third kappa shape index (κ3) is 4.94. The zero-order chi connectivity index (χ0) is 22.7. The van der Waals surface area contributed by atoms with Gasteiger partial charge in [0.25, 0.3) is 0 Å². The molecule has 1 aromatic heterocycles. The average Bonchev–Trinajstić information content (AvgIpc) is 3.22. The Kier molecular flexibility index (Phi) is 6.46. The Morgan fingerprint density at radius 3 is 2.69 bits per heavy atom. The summed E-state index contributed by atoms with van der Waals surface area (Å²) in [5.41, 5.74) is 4.55. The summed E-state index contributed by atoms with van der Waals surface area (Å²) >= 11 is 0. The standard InChI is InChI=1S/C25H28FN5O/c1-17(32)28-21-11-9-18(10-12-21)16-31-13-5-8-23(31)24-22(15-27-25(29-24)30(2)3)19-6-4-7-20(26)14-19/h4,6-7,9-12,14-15,23H,5,8,13,16H2,1-3H3,(H,28,32). The fraction of sp³-hybridized carbons (Fsp3) is 0.320. The Bertz CT molecular complexity index is 1100. The quantitative estimate of drug-likeness (QED) is 0.613. The van der Waals surface area contributed by atoms with Crippen LogP contribution in [0.1, 0.15) is 37.1 Å². The highest BCUT2D eigenvalue weighted by Gasteiger charge is 2.30. The van der Waals surface area contributed by atoms with Crippen LogP contribution in [0, 0.1) is 5.82 Å². The third-order valence-corrected chi connectivity index (χ3v) is 5.68. The first-order valence-corrected chi connectivity index (χ1v) is 10.8. The molecule has 6 nitrogen and oxygen atoms in total. The largest absolute Gasteiger partial charge is 0.347 e. The van der Waals surface area contributed by atoms with Crippen LogP contribution in [0.4, 0.5) is 16.0 Å². The molecule has 1 saturated heterocycles. The molecule has 1 amide bonds. The number of anilines is 2. The smallest absolute Gasteiger partial charge is 0.225 e. The minimum atomic E-state index is -0.271. The molecule has 0 saturated carbocycles. The van der Waals surface area contributed by atoms with E-state index in [9.17, 15) is 9.18 Å². The third-order valence-electron chi connectivity index (χ3n) is 5.68. The van der Waals surface area contributed by atoms with Gasteiger partial charge >= 0.3 is 0 Å². The number of rotatable bonds is 6. The summed E-state index contributed by atoms with van der Waals surface area (Å²) in [6, 6.07) is 14.7. The van der Waals surface area contributed by atoms with Gasteiger partial charge in [-0.1, -0.05) is 24.3 Å². The molecule has 2 aromatic carbocycles. The number of amides is 1. The van der Waals surface area contributed by atoms with Gasteiger partial charge < -0.3 is 10.2 Å². The molecule has 0 radical (unpaired) electrons. The van der Waals surface area contributed by atoms with Gasteiger partial charge in [0.2, 0.25) is 11.9 Å². The summed E-state index contributed by atoms with van der Waals surface area (Å²) in [5, 5.41) is 2.80. The van der Waals surface area contributed by atoms with Gasteiger partial charge in [0.1, 0.15) is 5.82 Å². The van der Waals surface area contributed by atoms with E-state index in [0.29, 0.717) is 5.95 Å². The number of nitrogens with one attached hydrogen (secondary N) is 1. The van der Waals surface area contributed by atoms with Gasteiger partial charge in [-0.2, -0.15) is 0 Å². The van der Waals surface area contributed by atoms with Gasteiger partial charge in [-0.3, -0.25) is 9.69 Å². The molecule has 1 aliphatic heterocycles. The van der Waals surface area contributed by atoms with Gasteiger partial charge in [-0.05, 0) is 54.8 Å². The number of likely N-dealkylation sites (tertiary alicyclic amines) is 1. The number of carbonyl (C=O) groups is 1. The van der Waals surface area contributed by atoms with E-state index in [4.69, 9.17) is 4.98 Å². The molecule has 0 bridgehead atoms. The fourth-order valence-electron chi connectivity index (χ4n) is 4.19. The summed E-state index contributed by atoms with van der Waals surface area (Å²) < 4.78 is 14.0. The number of halogens is 1. The summed E-state index contributed by atoms with van der Waals surface area (Å²) in [4.78, 5) is 25.0. The first-order chi connectivity index (χ1) is 15.4. The molecule has 1 fully saturated rings. The van der Waals surface area contributed by atoms with Gasteiger partial charge in [-0.15, -0.1) is 0 Å². The first-order valence-electron chi connectivity index (χ1n) is 10.8. The number of hydrogen-bond donors (Lipinski definition) is 1. The van der Waals surface area contributed by atoms with Crippen LogP contribution in [0.2, 0.25) is 0 Å². The Labute approximate surface area is 188 Å². The summed E-state index contributed by atoms with van der Waals surface area (Å²) in [6.45, 7) is 3.24. The average molecular weight is 434 g/mol. The van der Waals surface area contributed by atoms with Crippen molar-refractivity contribution in [1.82, 2.24) is 14.9 Å². The first kappa shape index (κ1) is 21.9. The number of benzene rings is 2. The predicted octanol–water partition coefficient (Wildman–Crippen LogP) is 4.64. The molecule has 0 aliphatic carbocycles. The van der Waals surface area contributed by atoms with Gasteiger partial charge in [0.05, 0.1) is 11.7 Å². The molecular formula is C25H28FN5O. The van der Waals surface area contributed by atoms with Crippen molar-refractivity contribution in [3.8, 4) is 11.1 Å². The van der Waals surface area contributed by atoms with Crippen molar-refractivity contribution in [2.24, 2.45) is 0 Å². The highest BCUT2D eigenvalue weighted by molar-refractivity contribution is 5.88. The SMILES string of the molecule is CC(=O)Nc1ccc(CN2CCCC2c2nc(N(C)C)ncc2-c2cccc(F)c2)cc1. The maximum atomic E-state index is 14.0. The number of aromatic nitrogens is 2. The van der Waals surface area contributed by atoms with Crippen LogP contribution in [0.3, 0.4) is 0 Å². The molecular weight excluding hydrogens is 405 g/mol. The van der Waals surface area contributed by atoms with Crippen LogP contribution in [0.15, 0.2) is 54.7 Å². The molecule has 3 aromatic rings. The highest BCUT2D eigenvalue weighted by atomic mass is 19.1. The maximum Gasteiger partial charge on any atom is 0.225 e. The van der Waals surface area contributed by atoms with Crippen molar-refractivity contribution >= 4 is 17.5 Å². The van der Waals surface area contributed by atoms with E-state index in [0.717, 1.165) is 48.4 Å². The van der Waals surface area contributed by atoms with Crippen molar-refractivity contribution in [3.05, 3.63) is 71.8 Å². The lowest BCUT2D eigenvalue weighted by Crippen LogP contribution is -2.25. The lowest BCUT2D eigenvalue weighted by Gasteiger charge is -2.27. The Hall–Kier alpha value is -3.32. The molecule has 2 heterocycles. The van der Waals surface area contributed by atoms with Crippen LogP contribution >= 0.6 is 0 Å². The summed E-state index contributed by atoms with van der Waals surface area (Å²) in [6.07, 6.45) is 3.86. The lowest BCUT2D eigenvalue weighted by atomic mass is 9.99. The second-order valence-electron chi connectivity index (χ2n) is 8.38. The molecule has 4 rings (SSSR count). The zero-order valence-corrected chi connectivity index (χ0v) is 18.7. The molecule has 1 aliphatic rings. The van der Waals surface area contributed by atoms with Crippen LogP contribution in [-0.2, 0) is 11.3 Å². The molecule has 0 spiro atoms. The number of carbonyl (C=O) groups excluding carboxylic acids is 1. The summed E-state index contributed by atoms with van der Waals surface area (Å²) in [7, 11) is 3.84.